The van der Waals surface area contributed by atoms with Crippen molar-refractivity contribution < 1.29 is 0 Å². The SMILES string of the molecule is CCCNc1cncc(NC(C)c2ccccn2)c1. The number of nitrogens with one attached hydrogen (secondary N) is 2. The van der Waals surface area contributed by atoms with Gasteiger partial charge in [0.25, 0.3) is 0 Å². The van der Waals surface area contributed by atoms with E-state index in [2.05, 4.69) is 40.5 Å². The van der Waals surface area contributed by atoms with Gasteiger partial charge in [-0.05, 0) is 31.5 Å². The minimum atomic E-state index is 0.157. The zero-order valence-corrected chi connectivity index (χ0v) is 11.4. The van der Waals surface area contributed by atoms with Crippen LogP contribution in [0.25, 0.3) is 0 Å². The number of anilines is 2. The zero-order valence-electron chi connectivity index (χ0n) is 11.4. The molecule has 2 N–H and O–H groups in total. The molecule has 2 heterocycles. The Morgan fingerprint density at radius 2 is 2.05 bits per heavy atom. The average Bonchev–Trinajstić information content (AvgIpc) is 2.46. The summed E-state index contributed by atoms with van der Waals surface area (Å²) in [7, 11) is 0. The molecule has 19 heavy (non-hydrogen) atoms. The van der Waals surface area contributed by atoms with E-state index in [9.17, 15) is 0 Å². The molecule has 0 aliphatic heterocycles. The fraction of sp³-hybridized carbons (Fsp3) is 0.333. The van der Waals surface area contributed by atoms with Gasteiger partial charge in [-0.15, -0.1) is 0 Å². The highest BCUT2D eigenvalue weighted by molar-refractivity contribution is 5.54. The van der Waals surface area contributed by atoms with Crippen LogP contribution >= 0.6 is 0 Å². The van der Waals surface area contributed by atoms with Crippen molar-refractivity contribution in [3.05, 3.63) is 48.5 Å². The molecule has 0 amide bonds. The molecule has 0 aliphatic carbocycles. The van der Waals surface area contributed by atoms with Crippen molar-refractivity contribution in [2.75, 3.05) is 17.2 Å². The van der Waals surface area contributed by atoms with Gasteiger partial charge in [-0.1, -0.05) is 13.0 Å². The first kappa shape index (κ1) is 13.3. The molecule has 2 rings (SSSR count). The van der Waals surface area contributed by atoms with E-state index < -0.39 is 0 Å². The van der Waals surface area contributed by atoms with Gasteiger partial charge >= 0.3 is 0 Å². The number of aromatic nitrogens is 2. The Hall–Kier alpha value is -2.10. The molecular weight excluding hydrogens is 236 g/mol. The van der Waals surface area contributed by atoms with Crippen molar-refractivity contribution in [2.45, 2.75) is 26.3 Å². The predicted octanol–water partition coefficient (Wildman–Crippen LogP) is 3.47. The second-order valence-electron chi connectivity index (χ2n) is 4.51. The summed E-state index contributed by atoms with van der Waals surface area (Å²) in [5.74, 6) is 0. The van der Waals surface area contributed by atoms with Gasteiger partial charge in [0.2, 0.25) is 0 Å². The minimum Gasteiger partial charge on any atom is -0.384 e. The van der Waals surface area contributed by atoms with Crippen LogP contribution in [0.4, 0.5) is 11.4 Å². The smallest absolute Gasteiger partial charge is 0.0657 e. The molecule has 0 aliphatic rings. The van der Waals surface area contributed by atoms with Gasteiger partial charge in [-0.2, -0.15) is 0 Å². The van der Waals surface area contributed by atoms with E-state index in [0.29, 0.717) is 0 Å². The largest absolute Gasteiger partial charge is 0.384 e. The Morgan fingerprint density at radius 3 is 2.79 bits per heavy atom. The monoisotopic (exact) mass is 256 g/mol. The lowest BCUT2D eigenvalue weighted by Crippen LogP contribution is -2.09. The number of hydrogen-bond acceptors (Lipinski definition) is 4. The molecule has 0 radical (unpaired) electrons. The lowest BCUT2D eigenvalue weighted by molar-refractivity contribution is 0.838. The van der Waals surface area contributed by atoms with E-state index in [0.717, 1.165) is 30.0 Å². The van der Waals surface area contributed by atoms with Crippen LogP contribution in [0.5, 0.6) is 0 Å². The summed E-state index contributed by atoms with van der Waals surface area (Å²) < 4.78 is 0. The number of nitrogens with zero attached hydrogens (tertiary/aromatic N) is 2. The Balaban J connectivity index is 2.02. The molecule has 2 aromatic heterocycles. The number of rotatable bonds is 6. The van der Waals surface area contributed by atoms with E-state index in [1.165, 1.54) is 0 Å². The minimum absolute atomic E-state index is 0.157. The number of pyridine rings is 2. The molecule has 4 nitrogen and oxygen atoms in total. The van der Waals surface area contributed by atoms with E-state index >= 15 is 0 Å². The summed E-state index contributed by atoms with van der Waals surface area (Å²) >= 11 is 0. The van der Waals surface area contributed by atoms with Crippen molar-refractivity contribution in [1.29, 1.82) is 0 Å². The van der Waals surface area contributed by atoms with Crippen LogP contribution in [-0.2, 0) is 0 Å². The van der Waals surface area contributed by atoms with E-state index in [4.69, 9.17) is 0 Å². The van der Waals surface area contributed by atoms with Crippen molar-refractivity contribution in [2.24, 2.45) is 0 Å². The normalized spacial score (nSPS) is 11.9. The highest BCUT2D eigenvalue weighted by Gasteiger charge is 2.06. The summed E-state index contributed by atoms with van der Waals surface area (Å²) in [6, 6.07) is 8.17. The molecule has 2 aromatic rings. The third-order valence-corrected chi connectivity index (χ3v) is 2.83. The third kappa shape index (κ3) is 3.95. The Bertz CT molecular complexity index is 499. The number of hydrogen-bond donors (Lipinski definition) is 2. The Morgan fingerprint density at radius 1 is 1.21 bits per heavy atom. The summed E-state index contributed by atoms with van der Waals surface area (Å²) in [5, 5.41) is 6.74. The lowest BCUT2D eigenvalue weighted by atomic mass is 10.2. The molecular formula is C15H20N4. The maximum Gasteiger partial charge on any atom is 0.0657 e. The van der Waals surface area contributed by atoms with E-state index in [1.807, 2.05) is 36.8 Å². The van der Waals surface area contributed by atoms with Gasteiger partial charge in [0.1, 0.15) is 0 Å². The van der Waals surface area contributed by atoms with E-state index in [-0.39, 0.29) is 6.04 Å². The van der Waals surface area contributed by atoms with Crippen LogP contribution < -0.4 is 10.6 Å². The van der Waals surface area contributed by atoms with E-state index in [1.54, 1.807) is 0 Å². The van der Waals surface area contributed by atoms with Crippen molar-refractivity contribution in [3.63, 3.8) is 0 Å². The van der Waals surface area contributed by atoms with Crippen LogP contribution in [0.2, 0.25) is 0 Å². The molecule has 1 atom stereocenters. The van der Waals surface area contributed by atoms with Gasteiger partial charge in [-0.25, -0.2) is 0 Å². The van der Waals surface area contributed by atoms with Crippen LogP contribution in [0.3, 0.4) is 0 Å². The highest BCUT2D eigenvalue weighted by Crippen LogP contribution is 2.19. The molecule has 0 saturated heterocycles. The highest BCUT2D eigenvalue weighted by atomic mass is 15.0. The van der Waals surface area contributed by atoms with Crippen LogP contribution in [0.15, 0.2) is 42.9 Å². The first-order chi connectivity index (χ1) is 9.29. The lowest BCUT2D eigenvalue weighted by Gasteiger charge is -2.15. The first-order valence-corrected chi connectivity index (χ1v) is 6.66. The molecule has 4 heteroatoms. The second kappa shape index (κ2) is 6.73. The summed E-state index contributed by atoms with van der Waals surface area (Å²) in [4.78, 5) is 8.59. The fourth-order valence-corrected chi connectivity index (χ4v) is 1.84. The van der Waals surface area contributed by atoms with Gasteiger partial charge in [-0.3, -0.25) is 9.97 Å². The third-order valence-electron chi connectivity index (χ3n) is 2.83. The summed E-state index contributed by atoms with van der Waals surface area (Å²) in [6.07, 6.45) is 6.58. The Kier molecular flexibility index (Phi) is 4.72. The fourth-order valence-electron chi connectivity index (χ4n) is 1.84. The maximum absolute atomic E-state index is 4.35. The Labute approximate surface area is 114 Å². The molecule has 0 fully saturated rings. The quantitative estimate of drug-likeness (QED) is 0.831. The van der Waals surface area contributed by atoms with Crippen LogP contribution in [0.1, 0.15) is 32.0 Å². The molecule has 0 spiro atoms. The molecule has 0 aromatic carbocycles. The van der Waals surface area contributed by atoms with Gasteiger partial charge in [0.05, 0.1) is 35.5 Å². The average molecular weight is 256 g/mol. The molecule has 0 saturated carbocycles. The second-order valence-corrected chi connectivity index (χ2v) is 4.51. The predicted molar refractivity (Wildman–Crippen MR) is 79.3 cm³/mol. The van der Waals surface area contributed by atoms with Gasteiger partial charge < -0.3 is 10.6 Å². The summed E-state index contributed by atoms with van der Waals surface area (Å²) in [5.41, 5.74) is 3.06. The van der Waals surface area contributed by atoms with Crippen LogP contribution in [0, 0.1) is 0 Å². The standard InChI is InChI=1S/C15H20N4/c1-3-7-17-13-9-14(11-16-10-13)19-12(2)15-6-4-5-8-18-15/h4-6,8-12,17,19H,3,7H2,1-2H3. The van der Waals surface area contributed by atoms with Crippen molar-refractivity contribution in [1.82, 2.24) is 9.97 Å². The molecule has 0 bridgehead atoms. The van der Waals surface area contributed by atoms with Crippen molar-refractivity contribution in [3.8, 4) is 0 Å². The topological polar surface area (TPSA) is 49.8 Å². The van der Waals surface area contributed by atoms with Gasteiger partial charge in [0, 0.05) is 12.7 Å². The molecule has 100 valence electrons. The van der Waals surface area contributed by atoms with Crippen molar-refractivity contribution >= 4 is 11.4 Å². The summed E-state index contributed by atoms with van der Waals surface area (Å²) in [6.45, 7) is 5.20. The zero-order chi connectivity index (χ0) is 13.5. The van der Waals surface area contributed by atoms with Crippen LogP contribution in [-0.4, -0.2) is 16.5 Å². The molecule has 1 unspecified atom stereocenters. The maximum atomic E-state index is 4.35. The van der Waals surface area contributed by atoms with Gasteiger partial charge in [0.15, 0.2) is 0 Å². The first-order valence-electron chi connectivity index (χ1n) is 6.66.